The summed E-state index contributed by atoms with van der Waals surface area (Å²) in [4.78, 5) is 21.3. The van der Waals surface area contributed by atoms with Gasteiger partial charge in [0.05, 0.1) is 4.91 Å². The van der Waals surface area contributed by atoms with Gasteiger partial charge in [0.1, 0.15) is 11.2 Å². The zero-order valence-electron chi connectivity index (χ0n) is 20.8. The molecule has 1 atom stereocenters. The molecular weight excluding hydrogens is 493 g/mol. The smallest absolute Gasteiger partial charge is 0.261 e. The first kappa shape index (κ1) is 25.8. The Kier molecular flexibility index (Phi) is 8.68. The minimum atomic E-state index is -0.274. The number of amides is 1. The van der Waals surface area contributed by atoms with Crippen molar-refractivity contribution in [2.24, 2.45) is 0 Å². The van der Waals surface area contributed by atoms with Crippen molar-refractivity contribution in [1.29, 1.82) is 0 Å². The summed E-state index contributed by atoms with van der Waals surface area (Å²) >= 11 is 7.65. The van der Waals surface area contributed by atoms with Crippen molar-refractivity contribution in [1.82, 2.24) is 14.7 Å². The van der Waals surface area contributed by atoms with Crippen LogP contribution >= 0.6 is 23.4 Å². The van der Waals surface area contributed by atoms with E-state index in [1.807, 2.05) is 41.3 Å². The summed E-state index contributed by atoms with van der Waals surface area (Å²) < 4.78 is 14.0. The highest BCUT2D eigenvalue weighted by atomic mass is 35.5. The van der Waals surface area contributed by atoms with Crippen LogP contribution in [0.1, 0.15) is 55.0 Å². The number of nitrogens with zero attached hydrogens (tertiary/aromatic N) is 3. The van der Waals surface area contributed by atoms with Crippen LogP contribution in [0.15, 0.2) is 53.4 Å². The van der Waals surface area contributed by atoms with Crippen LogP contribution in [0, 0.1) is 5.82 Å². The van der Waals surface area contributed by atoms with Crippen LogP contribution in [-0.2, 0) is 4.79 Å². The van der Waals surface area contributed by atoms with Crippen molar-refractivity contribution >= 4 is 35.3 Å². The van der Waals surface area contributed by atoms with E-state index in [0.29, 0.717) is 16.5 Å². The van der Waals surface area contributed by atoms with Gasteiger partial charge in [-0.05, 0) is 67.3 Å². The van der Waals surface area contributed by atoms with E-state index < -0.39 is 0 Å². The molecule has 36 heavy (non-hydrogen) atoms. The largest absolute Gasteiger partial charge is 0.322 e. The van der Waals surface area contributed by atoms with E-state index in [1.165, 1.54) is 49.9 Å². The van der Waals surface area contributed by atoms with Crippen molar-refractivity contribution in [2.75, 3.05) is 39.3 Å². The predicted octanol–water partition coefficient (Wildman–Crippen LogP) is 6.43. The van der Waals surface area contributed by atoms with Gasteiger partial charge in [-0.1, -0.05) is 66.9 Å². The molecule has 0 spiro atoms. The molecule has 1 unspecified atom stereocenters. The van der Waals surface area contributed by atoms with Gasteiger partial charge in [0, 0.05) is 43.8 Å². The molecule has 2 aromatic carbocycles. The van der Waals surface area contributed by atoms with E-state index >= 15 is 0 Å². The Hall–Kier alpha value is -1.86. The van der Waals surface area contributed by atoms with Crippen molar-refractivity contribution in [3.63, 3.8) is 0 Å². The summed E-state index contributed by atoms with van der Waals surface area (Å²) in [6.07, 6.45) is 9.70. The normalized spacial score (nSPS) is 23.6. The van der Waals surface area contributed by atoms with Crippen molar-refractivity contribution in [3.05, 3.63) is 75.4 Å². The number of piperazine rings is 1. The first-order valence-corrected chi connectivity index (χ1v) is 14.5. The predicted molar refractivity (Wildman–Crippen MR) is 147 cm³/mol. The van der Waals surface area contributed by atoms with Crippen LogP contribution in [0.4, 0.5) is 4.39 Å². The summed E-state index contributed by atoms with van der Waals surface area (Å²) in [5.74, 6) is -0.264. The van der Waals surface area contributed by atoms with E-state index in [1.54, 1.807) is 12.1 Å². The Morgan fingerprint density at radius 1 is 0.972 bits per heavy atom. The van der Waals surface area contributed by atoms with E-state index in [2.05, 4.69) is 9.80 Å². The topological polar surface area (TPSA) is 26.8 Å². The molecule has 1 amide bonds. The minimum absolute atomic E-state index is 0.0105. The molecule has 3 aliphatic rings. The Bertz CT molecular complexity index is 1080. The van der Waals surface area contributed by atoms with Gasteiger partial charge in [0.2, 0.25) is 0 Å². The quantitative estimate of drug-likeness (QED) is 0.387. The summed E-state index contributed by atoms with van der Waals surface area (Å²) in [6.45, 7) is 6.15. The maximum atomic E-state index is 14.0. The van der Waals surface area contributed by atoms with E-state index in [9.17, 15) is 9.18 Å². The zero-order chi connectivity index (χ0) is 24.9. The number of rotatable bonds is 7. The molecule has 2 aromatic rings. The first-order valence-electron chi connectivity index (χ1n) is 13.2. The fraction of sp³-hybridized carbons (Fsp3) is 0.483. The molecule has 0 aromatic heterocycles. The van der Waals surface area contributed by atoms with Crippen LogP contribution in [-0.4, -0.2) is 65.9 Å². The van der Waals surface area contributed by atoms with Gasteiger partial charge in [0.25, 0.3) is 5.91 Å². The highest BCUT2D eigenvalue weighted by Crippen LogP contribution is 2.46. The third kappa shape index (κ3) is 6.34. The van der Waals surface area contributed by atoms with Gasteiger partial charge in [-0.3, -0.25) is 9.69 Å². The van der Waals surface area contributed by atoms with Crippen molar-refractivity contribution < 1.29 is 9.18 Å². The Morgan fingerprint density at radius 2 is 1.75 bits per heavy atom. The van der Waals surface area contributed by atoms with Gasteiger partial charge < -0.3 is 9.80 Å². The number of hydrogen-bond acceptors (Lipinski definition) is 4. The summed E-state index contributed by atoms with van der Waals surface area (Å²) in [5, 5.41) is 0.420. The van der Waals surface area contributed by atoms with Gasteiger partial charge in [-0.2, -0.15) is 0 Å². The van der Waals surface area contributed by atoms with Crippen molar-refractivity contribution in [3.8, 4) is 0 Å². The molecular formula is C29H35ClFN3OS. The fourth-order valence-electron chi connectivity index (χ4n) is 5.72. The Labute approximate surface area is 223 Å². The van der Waals surface area contributed by atoms with Crippen molar-refractivity contribution in [2.45, 2.75) is 49.9 Å². The second kappa shape index (κ2) is 12.1. The standard InChI is InChI=1S/C29H35ClFN3OS/c30-24-9-4-7-22(19-24)20-27-28(35)34(29(36-27)23-8-5-10-25(31)21-23)14-6-13-32-15-17-33(18-16-32)26-11-2-1-3-12-26/h4-5,7-10,19-21,26,29H,1-3,6,11-18H2/b27-20-. The van der Waals surface area contributed by atoms with E-state index in [0.717, 1.165) is 56.3 Å². The zero-order valence-corrected chi connectivity index (χ0v) is 22.3. The number of benzene rings is 2. The lowest BCUT2D eigenvalue weighted by molar-refractivity contribution is -0.126. The second-order valence-corrected chi connectivity index (χ2v) is 11.7. The number of carbonyl (C=O) groups excluding carboxylic acids is 1. The monoisotopic (exact) mass is 527 g/mol. The third-order valence-corrected chi connectivity index (χ3v) is 9.18. The minimum Gasteiger partial charge on any atom is -0.322 e. The molecule has 0 radical (unpaired) electrons. The molecule has 0 bridgehead atoms. The molecule has 192 valence electrons. The van der Waals surface area contributed by atoms with Crippen LogP contribution in [0.2, 0.25) is 5.02 Å². The van der Waals surface area contributed by atoms with Gasteiger partial charge in [-0.25, -0.2) is 4.39 Å². The number of halogens is 2. The first-order chi connectivity index (χ1) is 17.6. The Balaban J connectivity index is 1.22. The molecule has 2 saturated heterocycles. The van der Waals surface area contributed by atoms with Crippen LogP contribution < -0.4 is 0 Å². The van der Waals surface area contributed by atoms with E-state index in [4.69, 9.17) is 11.6 Å². The third-order valence-electron chi connectivity index (χ3n) is 7.64. The molecule has 0 N–H and O–H groups in total. The maximum absolute atomic E-state index is 14.0. The summed E-state index contributed by atoms with van der Waals surface area (Å²) in [5.41, 5.74) is 1.72. The van der Waals surface area contributed by atoms with Crippen LogP contribution in [0.3, 0.4) is 0 Å². The molecule has 7 heteroatoms. The molecule has 5 rings (SSSR count). The molecule has 2 aliphatic heterocycles. The number of carbonyl (C=O) groups is 1. The molecule has 2 heterocycles. The molecule has 1 aliphatic carbocycles. The summed E-state index contributed by atoms with van der Waals surface area (Å²) in [6, 6.07) is 14.9. The fourth-order valence-corrected chi connectivity index (χ4v) is 7.19. The van der Waals surface area contributed by atoms with Crippen LogP contribution in [0.25, 0.3) is 6.08 Å². The molecule has 3 fully saturated rings. The lowest BCUT2D eigenvalue weighted by atomic mass is 9.94. The highest BCUT2D eigenvalue weighted by Gasteiger charge is 2.37. The molecule has 1 saturated carbocycles. The number of hydrogen-bond donors (Lipinski definition) is 0. The van der Waals surface area contributed by atoms with Gasteiger partial charge in [0.15, 0.2) is 0 Å². The van der Waals surface area contributed by atoms with Gasteiger partial charge >= 0.3 is 0 Å². The number of thioether (sulfide) groups is 1. The Morgan fingerprint density at radius 3 is 2.50 bits per heavy atom. The SMILES string of the molecule is O=C1/C(=C/c2cccc(Cl)c2)SC(c2cccc(F)c2)N1CCCN1CCN(C2CCCCC2)CC1. The van der Waals surface area contributed by atoms with Crippen LogP contribution in [0.5, 0.6) is 0 Å². The molecule has 4 nitrogen and oxygen atoms in total. The average molecular weight is 528 g/mol. The van der Waals surface area contributed by atoms with Gasteiger partial charge in [-0.15, -0.1) is 0 Å². The average Bonchev–Trinajstić information content (AvgIpc) is 3.20. The maximum Gasteiger partial charge on any atom is 0.261 e. The highest BCUT2D eigenvalue weighted by molar-refractivity contribution is 8.04. The lowest BCUT2D eigenvalue weighted by Crippen LogP contribution is -2.51. The lowest BCUT2D eigenvalue weighted by Gasteiger charge is -2.41. The second-order valence-electron chi connectivity index (χ2n) is 10.1. The summed E-state index contributed by atoms with van der Waals surface area (Å²) in [7, 11) is 0. The van der Waals surface area contributed by atoms with E-state index in [-0.39, 0.29) is 17.1 Å².